The van der Waals surface area contributed by atoms with Gasteiger partial charge in [-0.15, -0.1) is 0 Å². The van der Waals surface area contributed by atoms with Gasteiger partial charge in [0.25, 0.3) is 5.91 Å². The average molecular weight is 335 g/mol. The van der Waals surface area contributed by atoms with Gasteiger partial charge in [0.2, 0.25) is 0 Å². The molecule has 0 spiro atoms. The molecule has 3 nitrogen and oxygen atoms in total. The van der Waals surface area contributed by atoms with Gasteiger partial charge in [0.15, 0.2) is 5.78 Å². The van der Waals surface area contributed by atoms with Crippen LogP contribution in [-0.4, -0.2) is 30.7 Å². The highest BCUT2D eigenvalue weighted by molar-refractivity contribution is 6.13. The maximum absolute atomic E-state index is 12.0. The highest BCUT2D eigenvalue weighted by atomic mass is 16.2. The Morgan fingerprint density at radius 2 is 1.52 bits per heavy atom. The molecule has 130 valence electrons. The van der Waals surface area contributed by atoms with Gasteiger partial charge in [0, 0.05) is 25.2 Å². The summed E-state index contributed by atoms with van der Waals surface area (Å²) in [5.74, 6) is 0.219. The van der Waals surface area contributed by atoms with Crippen LogP contribution in [0.25, 0.3) is 23.3 Å². The number of ketones is 1. The Hall–Kier alpha value is -2.68. The number of hydrogen-bond acceptors (Lipinski definition) is 2. The molecular weight excluding hydrogens is 310 g/mol. The van der Waals surface area contributed by atoms with Crippen molar-refractivity contribution in [2.75, 3.05) is 14.1 Å². The zero-order valence-electron chi connectivity index (χ0n) is 15.6. The normalized spacial score (nSPS) is 12.1. The molecule has 0 aliphatic carbocycles. The predicted molar refractivity (Wildman–Crippen MR) is 104 cm³/mol. The van der Waals surface area contributed by atoms with Crippen LogP contribution in [0.1, 0.15) is 31.1 Å². The lowest BCUT2D eigenvalue weighted by Crippen LogP contribution is -2.29. The first-order chi connectivity index (χ1) is 11.7. The van der Waals surface area contributed by atoms with E-state index in [0.717, 1.165) is 27.1 Å². The van der Waals surface area contributed by atoms with Gasteiger partial charge < -0.3 is 4.90 Å². The second kappa shape index (κ2) is 7.47. The molecule has 0 aliphatic heterocycles. The van der Waals surface area contributed by atoms with Gasteiger partial charge in [-0.25, -0.2) is 0 Å². The maximum Gasteiger partial charge on any atom is 0.253 e. The number of hydrogen-bond donors (Lipinski definition) is 0. The Morgan fingerprint density at radius 3 is 1.96 bits per heavy atom. The van der Waals surface area contributed by atoms with Crippen molar-refractivity contribution >= 4 is 23.8 Å². The first-order valence-electron chi connectivity index (χ1n) is 8.38. The van der Waals surface area contributed by atoms with Gasteiger partial charge in [-0.2, -0.15) is 0 Å². The van der Waals surface area contributed by atoms with E-state index in [1.54, 1.807) is 25.9 Å². The Labute approximate surface area is 149 Å². The molecule has 2 aromatic carbocycles. The molecule has 0 N–H and O–H groups in total. The van der Waals surface area contributed by atoms with E-state index in [0.29, 0.717) is 5.56 Å². The maximum atomic E-state index is 12.0. The Bertz CT molecular complexity index is 906. The minimum Gasteiger partial charge on any atom is -0.345 e. The van der Waals surface area contributed by atoms with Crippen LogP contribution in [-0.2, 0) is 4.79 Å². The number of nitrogens with zero attached hydrogens (tertiary/aromatic N) is 1. The van der Waals surface area contributed by atoms with Gasteiger partial charge in [-0.05, 0) is 52.6 Å². The summed E-state index contributed by atoms with van der Waals surface area (Å²) in [6, 6.07) is 13.5. The van der Waals surface area contributed by atoms with Crippen LogP contribution in [0, 0.1) is 5.92 Å². The fourth-order valence-corrected chi connectivity index (χ4v) is 3.01. The Kier molecular flexibility index (Phi) is 5.58. The fourth-order valence-electron chi connectivity index (χ4n) is 3.01. The van der Waals surface area contributed by atoms with Crippen LogP contribution in [0.5, 0.6) is 0 Å². The molecule has 0 saturated carbocycles. The van der Waals surface area contributed by atoms with E-state index in [9.17, 15) is 9.59 Å². The van der Waals surface area contributed by atoms with Crippen LogP contribution < -0.4 is 10.4 Å². The smallest absolute Gasteiger partial charge is 0.253 e. The van der Waals surface area contributed by atoms with Crippen LogP contribution in [0.3, 0.4) is 0 Å². The topological polar surface area (TPSA) is 37.4 Å². The van der Waals surface area contributed by atoms with Crippen molar-refractivity contribution in [3.63, 3.8) is 0 Å². The number of Topliss-reactive ketones (excluding diaryl/α,β-unsaturated/α-hetero) is 1. The molecule has 3 heteroatoms. The molecule has 0 unspecified atom stereocenters. The van der Waals surface area contributed by atoms with Crippen LogP contribution in [0.4, 0.5) is 0 Å². The third-order valence-electron chi connectivity index (χ3n) is 4.22. The second-order valence-electron chi connectivity index (χ2n) is 6.77. The van der Waals surface area contributed by atoms with E-state index in [-0.39, 0.29) is 17.6 Å². The van der Waals surface area contributed by atoms with Crippen LogP contribution >= 0.6 is 0 Å². The molecule has 25 heavy (non-hydrogen) atoms. The molecule has 0 heterocycles. The zero-order chi connectivity index (χ0) is 18.7. The first-order valence-corrected chi connectivity index (χ1v) is 8.38. The standard InChI is InChI=1S/C22H25NO2/c1-14(2)21(16(4)24)20-12-11-19(13-15(20)3)17-7-9-18(10-8-17)22(25)23(5)6/h7-14H,3H2,1-2,4-6H3/b21-20+. The summed E-state index contributed by atoms with van der Waals surface area (Å²) in [6.07, 6.45) is 0. The highest BCUT2D eigenvalue weighted by Crippen LogP contribution is 2.18. The molecular formula is C22H25NO2. The molecule has 0 radical (unpaired) electrons. The highest BCUT2D eigenvalue weighted by Gasteiger charge is 2.11. The minimum absolute atomic E-state index is 0.0163. The van der Waals surface area contributed by atoms with Gasteiger partial charge in [-0.3, -0.25) is 9.59 Å². The summed E-state index contributed by atoms with van der Waals surface area (Å²) in [6.45, 7) is 9.76. The van der Waals surface area contributed by atoms with Crippen molar-refractivity contribution in [1.29, 1.82) is 0 Å². The van der Waals surface area contributed by atoms with Crippen molar-refractivity contribution in [1.82, 2.24) is 4.90 Å². The van der Waals surface area contributed by atoms with Gasteiger partial charge in [-0.1, -0.05) is 44.7 Å². The van der Waals surface area contributed by atoms with Crippen molar-refractivity contribution in [2.45, 2.75) is 20.8 Å². The average Bonchev–Trinajstić information content (AvgIpc) is 2.55. The first kappa shape index (κ1) is 18.7. The summed E-state index contributed by atoms with van der Waals surface area (Å²) in [5, 5.41) is 1.75. The zero-order valence-corrected chi connectivity index (χ0v) is 15.6. The number of amides is 1. The van der Waals surface area contributed by atoms with Crippen LogP contribution in [0.15, 0.2) is 42.5 Å². The lowest BCUT2D eigenvalue weighted by Gasteiger charge is -2.11. The summed E-state index contributed by atoms with van der Waals surface area (Å²) in [4.78, 5) is 25.5. The summed E-state index contributed by atoms with van der Waals surface area (Å²) < 4.78 is 0. The van der Waals surface area contributed by atoms with Gasteiger partial charge in [0.05, 0.1) is 0 Å². The second-order valence-corrected chi connectivity index (χ2v) is 6.77. The molecule has 0 fully saturated rings. The van der Waals surface area contributed by atoms with E-state index in [2.05, 4.69) is 6.58 Å². The van der Waals surface area contributed by atoms with Crippen molar-refractivity contribution in [3.05, 3.63) is 58.5 Å². The largest absolute Gasteiger partial charge is 0.345 e. The van der Waals surface area contributed by atoms with Crippen molar-refractivity contribution in [3.8, 4) is 11.1 Å². The molecule has 0 saturated heterocycles. The lowest BCUT2D eigenvalue weighted by molar-refractivity contribution is -0.112. The van der Waals surface area contributed by atoms with E-state index < -0.39 is 0 Å². The lowest BCUT2D eigenvalue weighted by atomic mass is 9.94. The van der Waals surface area contributed by atoms with Crippen molar-refractivity contribution < 1.29 is 9.59 Å². The summed E-state index contributed by atoms with van der Waals surface area (Å²) in [5.41, 5.74) is 3.50. The third kappa shape index (κ3) is 4.05. The van der Waals surface area contributed by atoms with E-state index in [4.69, 9.17) is 0 Å². The summed E-state index contributed by atoms with van der Waals surface area (Å²) >= 11 is 0. The van der Waals surface area contributed by atoms with E-state index >= 15 is 0 Å². The molecule has 2 aromatic rings. The molecule has 0 atom stereocenters. The van der Waals surface area contributed by atoms with Gasteiger partial charge in [0.1, 0.15) is 0 Å². The van der Waals surface area contributed by atoms with Crippen LogP contribution in [0.2, 0.25) is 0 Å². The fraction of sp³-hybridized carbons (Fsp3) is 0.273. The van der Waals surface area contributed by atoms with E-state index in [1.807, 2.05) is 56.3 Å². The van der Waals surface area contributed by atoms with E-state index in [1.165, 1.54) is 0 Å². The Balaban J connectivity index is 2.48. The SMILES string of the molecule is C=c1cc(-c2ccc(C(=O)N(C)C)cc2)cc/c1=C(\C(C)=O)C(C)C. The number of carbonyl (C=O) groups is 2. The minimum atomic E-state index is -0.0163. The molecule has 2 rings (SSSR count). The number of carbonyl (C=O) groups excluding carboxylic acids is 2. The third-order valence-corrected chi connectivity index (χ3v) is 4.22. The number of rotatable bonds is 4. The molecule has 0 bridgehead atoms. The molecule has 0 aromatic heterocycles. The number of benzene rings is 2. The summed E-state index contributed by atoms with van der Waals surface area (Å²) in [7, 11) is 3.48. The van der Waals surface area contributed by atoms with Gasteiger partial charge >= 0.3 is 0 Å². The van der Waals surface area contributed by atoms with Crippen molar-refractivity contribution in [2.24, 2.45) is 5.92 Å². The molecule has 1 amide bonds. The molecule has 0 aliphatic rings. The monoisotopic (exact) mass is 335 g/mol. The Morgan fingerprint density at radius 1 is 0.960 bits per heavy atom. The predicted octanol–water partition coefficient (Wildman–Crippen LogP) is 2.86. The quantitative estimate of drug-likeness (QED) is 0.861.